The molecule has 2 atom stereocenters. The maximum atomic E-state index is 12.4. The molecule has 0 aromatic heterocycles. The number of amides is 1. The van der Waals surface area contributed by atoms with Crippen molar-refractivity contribution in [2.75, 3.05) is 13.1 Å². The highest BCUT2D eigenvalue weighted by Gasteiger charge is 2.28. The first-order chi connectivity index (χ1) is 8.20. The largest absolute Gasteiger partial charge is 0.339 e. The quantitative estimate of drug-likeness (QED) is 0.775. The highest BCUT2D eigenvalue weighted by molar-refractivity contribution is 5.78. The highest BCUT2D eigenvalue weighted by Crippen LogP contribution is 2.23. The van der Waals surface area contributed by atoms with Crippen LogP contribution in [0.4, 0.5) is 0 Å². The van der Waals surface area contributed by atoms with Gasteiger partial charge < -0.3 is 10.6 Å². The molecule has 0 spiro atoms. The minimum atomic E-state index is 0.149. The minimum absolute atomic E-state index is 0.149. The fourth-order valence-electron chi connectivity index (χ4n) is 2.75. The van der Waals surface area contributed by atoms with Crippen molar-refractivity contribution in [2.45, 2.75) is 64.8 Å². The summed E-state index contributed by atoms with van der Waals surface area (Å²) in [6.07, 6.45) is 7.88. The summed E-state index contributed by atoms with van der Waals surface area (Å²) in [4.78, 5) is 14.5. The van der Waals surface area contributed by atoms with Gasteiger partial charge in [0.05, 0.1) is 0 Å². The summed E-state index contributed by atoms with van der Waals surface area (Å²) in [5.41, 5.74) is 5.51. The van der Waals surface area contributed by atoms with Crippen molar-refractivity contribution >= 4 is 5.91 Å². The van der Waals surface area contributed by atoms with Gasteiger partial charge in [0, 0.05) is 18.5 Å². The van der Waals surface area contributed by atoms with Gasteiger partial charge in [0.2, 0.25) is 5.91 Å². The molecule has 1 heterocycles. The second-order valence-corrected chi connectivity index (χ2v) is 5.30. The SMILES string of the molecule is CCCC1CCCCN1C(=O)C(C)CCCN. The van der Waals surface area contributed by atoms with Crippen molar-refractivity contribution < 1.29 is 4.79 Å². The van der Waals surface area contributed by atoms with Crippen LogP contribution in [-0.4, -0.2) is 29.9 Å². The standard InChI is InChI=1S/C14H28N2O/c1-3-7-13-9-4-5-11-16(13)14(17)12(2)8-6-10-15/h12-13H,3-11,15H2,1-2H3. The van der Waals surface area contributed by atoms with Crippen LogP contribution in [0.1, 0.15) is 58.8 Å². The topological polar surface area (TPSA) is 46.3 Å². The molecule has 1 saturated heterocycles. The molecule has 1 amide bonds. The molecule has 1 aliphatic heterocycles. The number of piperidine rings is 1. The predicted octanol–water partition coefficient (Wildman–Crippen LogP) is 2.54. The Bertz CT molecular complexity index is 228. The van der Waals surface area contributed by atoms with Crippen molar-refractivity contribution in [2.24, 2.45) is 11.7 Å². The van der Waals surface area contributed by atoms with Gasteiger partial charge in [-0.1, -0.05) is 20.3 Å². The van der Waals surface area contributed by atoms with E-state index in [2.05, 4.69) is 18.7 Å². The number of hydrogen-bond acceptors (Lipinski definition) is 2. The highest BCUT2D eigenvalue weighted by atomic mass is 16.2. The van der Waals surface area contributed by atoms with Gasteiger partial charge in [0.1, 0.15) is 0 Å². The third-order valence-corrected chi connectivity index (χ3v) is 3.79. The van der Waals surface area contributed by atoms with E-state index in [1.54, 1.807) is 0 Å². The average Bonchev–Trinajstić information content (AvgIpc) is 2.36. The zero-order chi connectivity index (χ0) is 12.7. The average molecular weight is 240 g/mol. The van der Waals surface area contributed by atoms with Crippen molar-refractivity contribution in [1.82, 2.24) is 4.90 Å². The van der Waals surface area contributed by atoms with E-state index in [-0.39, 0.29) is 5.92 Å². The Hall–Kier alpha value is -0.570. The zero-order valence-corrected chi connectivity index (χ0v) is 11.5. The molecule has 0 bridgehead atoms. The minimum Gasteiger partial charge on any atom is -0.339 e. The van der Waals surface area contributed by atoms with Crippen molar-refractivity contribution in [3.8, 4) is 0 Å². The second kappa shape index (κ2) is 7.70. The first-order valence-corrected chi connectivity index (χ1v) is 7.21. The van der Waals surface area contributed by atoms with Crippen LogP contribution in [-0.2, 0) is 4.79 Å². The molecule has 1 rings (SSSR count). The van der Waals surface area contributed by atoms with Crippen LogP contribution < -0.4 is 5.73 Å². The number of likely N-dealkylation sites (tertiary alicyclic amines) is 1. The van der Waals surface area contributed by atoms with Gasteiger partial charge in [-0.25, -0.2) is 0 Å². The number of carbonyl (C=O) groups is 1. The summed E-state index contributed by atoms with van der Waals surface area (Å²) in [7, 11) is 0. The predicted molar refractivity (Wildman–Crippen MR) is 71.7 cm³/mol. The molecule has 0 saturated carbocycles. The van der Waals surface area contributed by atoms with Gasteiger partial charge in [0.15, 0.2) is 0 Å². The molecule has 17 heavy (non-hydrogen) atoms. The lowest BCUT2D eigenvalue weighted by Gasteiger charge is -2.37. The van der Waals surface area contributed by atoms with Crippen molar-refractivity contribution in [3.63, 3.8) is 0 Å². The number of nitrogens with zero attached hydrogens (tertiary/aromatic N) is 1. The molecule has 1 fully saturated rings. The lowest BCUT2D eigenvalue weighted by Crippen LogP contribution is -2.46. The Kier molecular flexibility index (Phi) is 6.56. The van der Waals surface area contributed by atoms with Crippen molar-refractivity contribution in [3.05, 3.63) is 0 Å². The van der Waals surface area contributed by atoms with Gasteiger partial charge in [-0.2, -0.15) is 0 Å². The van der Waals surface area contributed by atoms with Crippen molar-refractivity contribution in [1.29, 1.82) is 0 Å². The Morgan fingerprint density at radius 3 is 2.88 bits per heavy atom. The first-order valence-electron chi connectivity index (χ1n) is 7.21. The fourth-order valence-corrected chi connectivity index (χ4v) is 2.75. The molecule has 0 radical (unpaired) electrons. The zero-order valence-electron chi connectivity index (χ0n) is 11.5. The molecule has 3 heteroatoms. The van der Waals surface area contributed by atoms with Gasteiger partial charge >= 0.3 is 0 Å². The monoisotopic (exact) mass is 240 g/mol. The summed E-state index contributed by atoms with van der Waals surface area (Å²) < 4.78 is 0. The third-order valence-electron chi connectivity index (χ3n) is 3.79. The number of carbonyl (C=O) groups excluding carboxylic acids is 1. The maximum absolute atomic E-state index is 12.4. The molecule has 1 aliphatic rings. The van der Waals surface area contributed by atoms with E-state index < -0.39 is 0 Å². The smallest absolute Gasteiger partial charge is 0.225 e. The Morgan fingerprint density at radius 1 is 1.47 bits per heavy atom. The van der Waals surface area contributed by atoms with E-state index in [1.165, 1.54) is 25.7 Å². The van der Waals surface area contributed by atoms with E-state index in [0.717, 1.165) is 25.8 Å². The normalized spacial score (nSPS) is 22.5. The van der Waals surface area contributed by atoms with Crippen LogP contribution >= 0.6 is 0 Å². The maximum Gasteiger partial charge on any atom is 0.225 e. The lowest BCUT2D eigenvalue weighted by atomic mass is 9.95. The second-order valence-electron chi connectivity index (χ2n) is 5.30. The van der Waals surface area contributed by atoms with Crippen LogP contribution in [0, 0.1) is 5.92 Å². The molecule has 0 aliphatic carbocycles. The molecule has 100 valence electrons. The van der Waals surface area contributed by atoms with Gasteiger partial charge in [-0.3, -0.25) is 4.79 Å². The molecule has 2 unspecified atom stereocenters. The first kappa shape index (κ1) is 14.5. The number of rotatable bonds is 6. The van der Waals surface area contributed by atoms with E-state index in [1.807, 2.05) is 0 Å². The lowest BCUT2D eigenvalue weighted by molar-refractivity contribution is -0.139. The van der Waals surface area contributed by atoms with Gasteiger partial charge in [-0.05, 0) is 45.1 Å². The summed E-state index contributed by atoms with van der Waals surface area (Å²) in [6, 6.07) is 0.501. The van der Waals surface area contributed by atoms with Gasteiger partial charge in [0.25, 0.3) is 0 Å². The summed E-state index contributed by atoms with van der Waals surface area (Å²) in [5, 5.41) is 0. The fraction of sp³-hybridized carbons (Fsp3) is 0.929. The van der Waals surface area contributed by atoms with E-state index in [0.29, 0.717) is 18.5 Å². The molecular formula is C14H28N2O. The number of hydrogen-bond donors (Lipinski definition) is 1. The van der Waals surface area contributed by atoms with Gasteiger partial charge in [-0.15, -0.1) is 0 Å². The number of nitrogens with two attached hydrogens (primary N) is 1. The van der Waals surface area contributed by atoms with Crippen LogP contribution in [0.5, 0.6) is 0 Å². The van der Waals surface area contributed by atoms with Crippen LogP contribution in [0.25, 0.3) is 0 Å². The van der Waals surface area contributed by atoms with Crippen LogP contribution in [0.2, 0.25) is 0 Å². The molecule has 0 aromatic carbocycles. The Balaban J connectivity index is 2.51. The van der Waals surface area contributed by atoms with Crippen LogP contribution in [0.3, 0.4) is 0 Å². The Morgan fingerprint density at radius 2 is 2.24 bits per heavy atom. The van der Waals surface area contributed by atoms with Crippen LogP contribution in [0.15, 0.2) is 0 Å². The van der Waals surface area contributed by atoms with E-state index in [4.69, 9.17) is 5.73 Å². The summed E-state index contributed by atoms with van der Waals surface area (Å²) in [5.74, 6) is 0.507. The molecule has 3 nitrogen and oxygen atoms in total. The summed E-state index contributed by atoms with van der Waals surface area (Å²) in [6.45, 7) is 5.91. The van der Waals surface area contributed by atoms with E-state index >= 15 is 0 Å². The molecule has 0 aromatic rings. The molecule has 2 N–H and O–H groups in total. The van der Waals surface area contributed by atoms with E-state index in [9.17, 15) is 4.79 Å². The third kappa shape index (κ3) is 4.30. The Labute approximate surface area is 106 Å². The molecular weight excluding hydrogens is 212 g/mol. The summed E-state index contributed by atoms with van der Waals surface area (Å²) >= 11 is 0.